The summed E-state index contributed by atoms with van der Waals surface area (Å²) in [5.41, 5.74) is 1.38. The van der Waals surface area contributed by atoms with Crippen molar-refractivity contribution in [3.63, 3.8) is 0 Å². The van der Waals surface area contributed by atoms with Gasteiger partial charge < -0.3 is 4.90 Å². The topological polar surface area (TPSA) is 72.3 Å². The van der Waals surface area contributed by atoms with Crippen LogP contribution in [-0.4, -0.2) is 52.6 Å². The lowest BCUT2D eigenvalue weighted by molar-refractivity contribution is 0.0746. The molecule has 2 unspecified atom stereocenters. The molecule has 1 aromatic heterocycles. The van der Waals surface area contributed by atoms with Crippen molar-refractivity contribution in [3.05, 3.63) is 48.3 Å². The van der Waals surface area contributed by atoms with Crippen molar-refractivity contribution >= 4 is 15.7 Å². The fourth-order valence-corrected chi connectivity index (χ4v) is 5.34. The fourth-order valence-electron chi connectivity index (χ4n) is 3.31. The Morgan fingerprint density at radius 2 is 2.14 bits per heavy atom. The molecule has 0 N–H and O–H groups in total. The summed E-state index contributed by atoms with van der Waals surface area (Å²) in [7, 11) is -2.99. The van der Waals surface area contributed by atoms with E-state index in [1.165, 1.54) is 0 Å². The summed E-state index contributed by atoms with van der Waals surface area (Å²) in [6.07, 6.45) is 4.07. The van der Waals surface area contributed by atoms with Gasteiger partial charge >= 0.3 is 0 Å². The molecule has 2 bridgehead atoms. The second-order valence-electron chi connectivity index (χ2n) is 5.80. The molecule has 6 nitrogen and oxygen atoms in total. The van der Waals surface area contributed by atoms with Crippen molar-refractivity contribution in [2.24, 2.45) is 0 Å². The van der Waals surface area contributed by atoms with Crippen molar-refractivity contribution in [2.45, 2.75) is 17.7 Å². The largest absolute Gasteiger partial charge is 0.333 e. The Kier molecular flexibility index (Phi) is 2.87. The zero-order valence-electron chi connectivity index (χ0n) is 11.8. The number of rotatable bonds is 2. The molecule has 7 heteroatoms. The van der Waals surface area contributed by atoms with E-state index in [1.807, 2.05) is 24.4 Å². The smallest absolute Gasteiger partial charge is 0.254 e. The number of carbonyl (C=O) groups excluding carboxylic acids is 1. The number of likely N-dealkylation sites (tertiary alicyclic amines) is 1. The summed E-state index contributed by atoms with van der Waals surface area (Å²) in [4.78, 5) is 14.4. The average Bonchev–Trinajstić information content (AvgIpc) is 3.21. The number of nitrogens with zero attached hydrogens (tertiary/aromatic N) is 3. The molecular weight excluding hydrogens is 302 g/mol. The number of hydrogen-bond donors (Lipinski definition) is 0. The standard InChI is InChI=1S/C15H15N3O3S/c19-15(17-9-14-8-13(17)10-22(14,20)21)11-3-1-4-12(7-11)18-6-2-5-16-18/h1-7,13-14H,8-10H2. The van der Waals surface area contributed by atoms with Crippen molar-refractivity contribution < 1.29 is 13.2 Å². The monoisotopic (exact) mass is 317 g/mol. The highest BCUT2D eigenvalue weighted by atomic mass is 32.2. The quantitative estimate of drug-likeness (QED) is 0.824. The lowest BCUT2D eigenvalue weighted by Gasteiger charge is -2.27. The van der Waals surface area contributed by atoms with Gasteiger partial charge in [0.15, 0.2) is 9.84 Å². The highest BCUT2D eigenvalue weighted by Crippen LogP contribution is 2.33. The summed E-state index contributed by atoms with van der Waals surface area (Å²) in [6, 6.07) is 8.89. The van der Waals surface area contributed by atoms with Gasteiger partial charge in [-0.25, -0.2) is 13.1 Å². The molecule has 1 amide bonds. The predicted octanol–water partition coefficient (Wildman–Crippen LogP) is 0.884. The molecule has 22 heavy (non-hydrogen) atoms. The minimum absolute atomic E-state index is 0.0995. The van der Waals surface area contributed by atoms with Gasteiger partial charge in [0, 0.05) is 30.5 Å². The normalized spacial score (nSPS) is 25.5. The van der Waals surface area contributed by atoms with Gasteiger partial charge in [0.2, 0.25) is 0 Å². The van der Waals surface area contributed by atoms with Gasteiger partial charge in [-0.2, -0.15) is 5.10 Å². The van der Waals surface area contributed by atoms with Gasteiger partial charge in [-0.15, -0.1) is 0 Å². The van der Waals surface area contributed by atoms with E-state index in [2.05, 4.69) is 5.10 Å². The number of amides is 1. The van der Waals surface area contributed by atoms with Crippen molar-refractivity contribution in [1.29, 1.82) is 0 Å². The predicted molar refractivity (Wildman–Crippen MR) is 80.6 cm³/mol. The van der Waals surface area contributed by atoms with Gasteiger partial charge in [-0.05, 0) is 30.7 Å². The highest BCUT2D eigenvalue weighted by Gasteiger charge is 2.50. The first-order chi connectivity index (χ1) is 10.5. The van der Waals surface area contributed by atoms with Crippen LogP contribution in [0.5, 0.6) is 0 Å². The molecule has 1 aromatic carbocycles. The third kappa shape index (κ3) is 2.04. The van der Waals surface area contributed by atoms with Crippen LogP contribution in [0.3, 0.4) is 0 Å². The maximum Gasteiger partial charge on any atom is 0.254 e. The molecule has 2 saturated heterocycles. The van der Waals surface area contributed by atoms with E-state index in [4.69, 9.17) is 0 Å². The Morgan fingerprint density at radius 1 is 1.27 bits per heavy atom. The van der Waals surface area contributed by atoms with Crippen LogP contribution in [0.15, 0.2) is 42.7 Å². The second kappa shape index (κ2) is 4.67. The third-order valence-corrected chi connectivity index (χ3v) is 6.64. The highest BCUT2D eigenvalue weighted by molar-refractivity contribution is 7.92. The molecule has 0 radical (unpaired) electrons. The van der Waals surface area contributed by atoms with E-state index >= 15 is 0 Å². The van der Waals surface area contributed by atoms with Crippen LogP contribution in [0.2, 0.25) is 0 Å². The summed E-state index contributed by atoms with van der Waals surface area (Å²) in [5.74, 6) is -0.00109. The number of fused-ring (bicyclic) bond motifs is 2. The minimum Gasteiger partial charge on any atom is -0.333 e. The first-order valence-corrected chi connectivity index (χ1v) is 8.89. The maximum absolute atomic E-state index is 12.7. The molecule has 2 atom stereocenters. The van der Waals surface area contributed by atoms with Crippen LogP contribution in [0, 0.1) is 0 Å². The number of aromatic nitrogens is 2. The SMILES string of the molecule is O=C(c1cccc(-n2cccn2)c1)N1CC2CC1CS2(=O)=O. The maximum atomic E-state index is 12.7. The van der Waals surface area contributed by atoms with Gasteiger partial charge in [-0.1, -0.05) is 6.07 Å². The Balaban J connectivity index is 1.61. The molecule has 0 aliphatic carbocycles. The van der Waals surface area contributed by atoms with Gasteiger partial charge in [0.25, 0.3) is 5.91 Å². The summed E-state index contributed by atoms with van der Waals surface area (Å²) >= 11 is 0. The number of carbonyl (C=O) groups is 1. The zero-order chi connectivity index (χ0) is 15.3. The number of hydrogen-bond acceptors (Lipinski definition) is 4. The third-order valence-electron chi connectivity index (χ3n) is 4.43. The van der Waals surface area contributed by atoms with Gasteiger partial charge in [-0.3, -0.25) is 4.79 Å². The summed E-state index contributed by atoms with van der Waals surface area (Å²) < 4.78 is 25.3. The molecule has 0 spiro atoms. The summed E-state index contributed by atoms with van der Waals surface area (Å²) in [5, 5.41) is 3.78. The van der Waals surface area contributed by atoms with Crippen LogP contribution in [0.25, 0.3) is 5.69 Å². The molecule has 114 valence electrons. The van der Waals surface area contributed by atoms with Crippen molar-refractivity contribution in [1.82, 2.24) is 14.7 Å². The van der Waals surface area contributed by atoms with Crippen LogP contribution in [0.1, 0.15) is 16.8 Å². The average molecular weight is 317 g/mol. The first-order valence-electron chi connectivity index (χ1n) is 7.17. The van der Waals surface area contributed by atoms with Gasteiger partial charge in [0.1, 0.15) is 0 Å². The second-order valence-corrected chi connectivity index (χ2v) is 8.13. The lowest BCUT2D eigenvalue weighted by atomic mass is 10.1. The van der Waals surface area contributed by atoms with E-state index in [0.29, 0.717) is 18.5 Å². The van der Waals surface area contributed by atoms with Crippen LogP contribution in [0.4, 0.5) is 0 Å². The Bertz CT molecular complexity index is 829. The Hall–Kier alpha value is -2.15. The van der Waals surface area contributed by atoms with Crippen LogP contribution >= 0.6 is 0 Å². The zero-order valence-corrected chi connectivity index (χ0v) is 12.6. The fraction of sp³-hybridized carbons (Fsp3) is 0.333. The van der Waals surface area contributed by atoms with Gasteiger partial charge in [0.05, 0.1) is 16.7 Å². The Morgan fingerprint density at radius 3 is 2.77 bits per heavy atom. The van der Waals surface area contributed by atoms with Crippen molar-refractivity contribution in [2.75, 3.05) is 12.3 Å². The molecule has 3 heterocycles. The van der Waals surface area contributed by atoms with E-state index in [-0.39, 0.29) is 23.0 Å². The van der Waals surface area contributed by atoms with E-state index in [9.17, 15) is 13.2 Å². The van der Waals surface area contributed by atoms with Crippen LogP contribution in [-0.2, 0) is 9.84 Å². The lowest BCUT2D eigenvalue weighted by Crippen LogP contribution is -2.44. The number of sulfone groups is 1. The first kappa shape index (κ1) is 13.5. The molecule has 2 aromatic rings. The summed E-state index contributed by atoms with van der Waals surface area (Å²) in [6.45, 7) is 0.317. The minimum atomic E-state index is -2.99. The molecular formula is C15H15N3O3S. The van der Waals surface area contributed by atoms with E-state index in [0.717, 1.165) is 5.69 Å². The van der Waals surface area contributed by atoms with Crippen molar-refractivity contribution in [3.8, 4) is 5.69 Å². The molecule has 2 aliphatic rings. The Labute approximate surface area is 128 Å². The molecule has 2 aliphatic heterocycles. The van der Waals surface area contributed by atoms with E-state index in [1.54, 1.807) is 27.9 Å². The van der Waals surface area contributed by atoms with E-state index < -0.39 is 9.84 Å². The molecule has 0 saturated carbocycles. The molecule has 4 rings (SSSR count). The molecule has 2 fully saturated rings. The number of benzene rings is 1. The van der Waals surface area contributed by atoms with Crippen LogP contribution < -0.4 is 0 Å².